The fourth-order valence-electron chi connectivity index (χ4n) is 2.68. The average molecular weight is 297 g/mol. The van der Waals surface area contributed by atoms with Crippen LogP contribution in [0, 0.1) is 0 Å². The van der Waals surface area contributed by atoms with Crippen molar-refractivity contribution in [3.8, 4) is 0 Å². The Morgan fingerprint density at radius 3 is 2.67 bits per heavy atom. The van der Waals surface area contributed by atoms with Crippen LogP contribution in [0.15, 0.2) is 53.2 Å². The lowest BCUT2D eigenvalue weighted by Gasteiger charge is -2.14. The van der Waals surface area contributed by atoms with Gasteiger partial charge >= 0.3 is 0 Å². The minimum absolute atomic E-state index is 0.644. The molecule has 2 aromatic rings. The summed E-state index contributed by atoms with van der Waals surface area (Å²) in [5.74, 6) is 0. The molecule has 0 radical (unpaired) electrons. The number of aromatic nitrogens is 1. The second-order valence-electron chi connectivity index (χ2n) is 5.34. The lowest BCUT2D eigenvalue weighted by molar-refractivity contribution is 0.242. The molecule has 0 spiro atoms. The second kappa shape index (κ2) is 6.86. The minimum atomic E-state index is -0.644. The first-order valence-corrected chi connectivity index (χ1v) is 8.34. The van der Waals surface area contributed by atoms with E-state index in [1.54, 1.807) is 17.5 Å². The fraction of sp³-hybridized carbons (Fsp3) is 0.333. The number of rotatable bonds is 3. The van der Waals surface area contributed by atoms with Gasteiger partial charge in [0, 0.05) is 11.1 Å². The third-order valence-electron chi connectivity index (χ3n) is 3.80. The van der Waals surface area contributed by atoms with Crippen molar-refractivity contribution < 1.29 is 5.11 Å². The van der Waals surface area contributed by atoms with Crippen molar-refractivity contribution >= 4 is 16.9 Å². The summed E-state index contributed by atoms with van der Waals surface area (Å²) >= 11 is 1.57. The predicted molar refractivity (Wildman–Crippen MR) is 87.0 cm³/mol. The molecule has 3 rings (SSSR count). The van der Waals surface area contributed by atoms with E-state index in [2.05, 4.69) is 10.7 Å². The third-order valence-corrected chi connectivity index (χ3v) is 4.72. The Balaban J connectivity index is 2.05. The molecule has 1 fully saturated rings. The van der Waals surface area contributed by atoms with E-state index in [-0.39, 0.29) is 0 Å². The molecule has 21 heavy (non-hydrogen) atoms. The van der Waals surface area contributed by atoms with Crippen molar-refractivity contribution in [1.82, 2.24) is 4.98 Å². The van der Waals surface area contributed by atoms with Crippen LogP contribution in [0.1, 0.15) is 48.8 Å². The minimum Gasteiger partial charge on any atom is -0.382 e. The van der Waals surface area contributed by atoms with Gasteiger partial charge in [0.15, 0.2) is 0 Å². The molecule has 0 aromatic carbocycles. The number of thiophene rings is 1. The fourth-order valence-corrected chi connectivity index (χ4v) is 3.40. The molecule has 1 aliphatic rings. The van der Waals surface area contributed by atoms with Crippen LogP contribution >= 0.6 is 11.3 Å². The van der Waals surface area contributed by atoms with Crippen molar-refractivity contribution in [3.63, 3.8) is 0 Å². The lowest BCUT2D eigenvalue weighted by atomic mass is 9.93. The highest BCUT2D eigenvalue weighted by molar-refractivity contribution is 7.10. The monoisotopic (exact) mass is 297 g/mol. The molecular formula is C18H19NOS. The predicted octanol–water partition coefficient (Wildman–Crippen LogP) is 4.75. The number of aliphatic hydroxyl groups excluding tert-OH is 1. The standard InChI is InChI=1S/C18H19NOS/c20-18(17-10-6-12-21-17)15(16-9-4-5-11-19-16)13-14-7-2-1-3-8-14/h4-6,9-12,18,20H,1-3,7-8H2. The van der Waals surface area contributed by atoms with Crippen molar-refractivity contribution in [2.45, 2.75) is 38.2 Å². The van der Waals surface area contributed by atoms with Gasteiger partial charge in [-0.05, 0) is 54.8 Å². The maximum Gasteiger partial charge on any atom is 0.122 e. The van der Waals surface area contributed by atoms with Crippen LogP contribution in [0.25, 0.3) is 5.57 Å². The van der Waals surface area contributed by atoms with Gasteiger partial charge in [-0.2, -0.15) is 0 Å². The van der Waals surface area contributed by atoms with E-state index >= 15 is 0 Å². The van der Waals surface area contributed by atoms with E-state index in [0.717, 1.165) is 29.0 Å². The molecule has 2 aromatic heterocycles. The first kappa shape index (κ1) is 14.3. The molecule has 0 aliphatic heterocycles. The average Bonchev–Trinajstić information content (AvgIpc) is 3.08. The summed E-state index contributed by atoms with van der Waals surface area (Å²) in [6.07, 6.45) is 7.07. The highest BCUT2D eigenvalue weighted by atomic mass is 32.1. The molecule has 2 nitrogen and oxygen atoms in total. The van der Waals surface area contributed by atoms with E-state index in [9.17, 15) is 5.11 Å². The Hall–Kier alpha value is -1.67. The number of hydrogen-bond donors (Lipinski definition) is 1. The summed E-state index contributed by atoms with van der Waals surface area (Å²) in [4.78, 5) is 5.35. The van der Waals surface area contributed by atoms with Crippen LogP contribution in [0.5, 0.6) is 0 Å². The van der Waals surface area contributed by atoms with Gasteiger partial charge in [0.25, 0.3) is 0 Å². The molecule has 0 saturated heterocycles. The number of aliphatic hydroxyl groups is 1. The van der Waals surface area contributed by atoms with E-state index in [0.29, 0.717) is 0 Å². The second-order valence-corrected chi connectivity index (χ2v) is 6.32. The maximum atomic E-state index is 10.7. The van der Waals surface area contributed by atoms with Crippen LogP contribution in [0.2, 0.25) is 0 Å². The Kier molecular flexibility index (Phi) is 4.66. The molecular weight excluding hydrogens is 278 g/mol. The van der Waals surface area contributed by atoms with Gasteiger partial charge in [-0.15, -0.1) is 17.1 Å². The van der Waals surface area contributed by atoms with Crippen LogP contribution in [-0.4, -0.2) is 10.1 Å². The van der Waals surface area contributed by atoms with E-state index in [1.807, 2.05) is 35.7 Å². The molecule has 108 valence electrons. The summed E-state index contributed by atoms with van der Waals surface area (Å²) in [5.41, 5.74) is 6.42. The van der Waals surface area contributed by atoms with Gasteiger partial charge in [-0.1, -0.05) is 18.6 Å². The van der Waals surface area contributed by atoms with Gasteiger partial charge in [0.2, 0.25) is 0 Å². The number of pyridine rings is 1. The highest BCUT2D eigenvalue weighted by Crippen LogP contribution is 2.32. The quantitative estimate of drug-likeness (QED) is 0.829. The van der Waals surface area contributed by atoms with Crippen molar-refractivity contribution in [3.05, 3.63) is 63.8 Å². The van der Waals surface area contributed by atoms with Gasteiger partial charge in [-0.3, -0.25) is 4.98 Å². The Bertz CT molecular complexity index is 631. The van der Waals surface area contributed by atoms with Crippen LogP contribution < -0.4 is 0 Å². The van der Waals surface area contributed by atoms with E-state index in [1.165, 1.54) is 24.8 Å². The largest absolute Gasteiger partial charge is 0.382 e. The van der Waals surface area contributed by atoms with Crippen molar-refractivity contribution in [2.24, 2.45) is 0 Å². The molecule has 1 unspecified atom stereocenters. The summed E-state index contributed by atoms with van der Waals surface area (Å²) in [6.45, 7) is 0. The molecule has 1 aliphatic carbocycles. The van der Waals surface area contributed by atoms with E-state index < -0.39 is 6.10 Å². The van der Waals surface area contributed by atoms with Crippen molar-refractivity contribution in [2.75, 3.05) is 0 Å². The van der Waals surface area contributed by atoms with Gasteiger partial charge in [0.05, 0.1) is 11.3 Å². The maximum absolute atomic E-state index is 10.7. The first-order valence-electron chi connectivity index (χ1n) is 7.46. The van der Waals surface area contributed by atoms with Crippen LogP contribution in [0.4, 0.5) is 0 Å². The zero-order valence-corrected chi connectivity index (χ0v) is 12.8. The zero-order chi connectivity index (χ0) is 14.5. The molecule has 1 atom stereocenters. The van der Waals surface area contributed by atoms with E-state index in [4.69, 9.17) is 0 Å². The molecule has 0 bridgehead atoms. The number of nitrogens with zero attached hydrogens (tertiary/aromatic N) is 1. The van der Waals surface area contributed by atoms with Crippen LogP contribution in [0.3, 0.4) is 0 Å². The topological polar surface area (TPSA) is 33.1 Å². The molecule has 0 amide bonds. The summed E-state index contributed by atoms with van der Waals surface area (Å²) in [7, 11) is 0. The normalized spacial score (nSPS) is 16.3. The van der Waals surface area contributed by atoms with Crippen molar-refractivity contribution in [1.29, 1.82) is 0 Å². The van der Waals surface area contributed by atoms with Gasteiger partial charge in [-0.25, -0.2) is 0 Å². The lowest BCUT2D eigenvalue weighted by Crippen LogP contribution is -2.01. The Morgan fingerprint density at radius 1 is 1.14 bits per heavy atom. The van der Waals surface area contributed by atoms with Crippen LogP contribution in [-0.2, 0) is 0 Å². The van der Waals surface area contributed by atoms with Gasteiger partial charge in [0.1, 0.15) is 6.10 Å². The summed E-state index contributed by atoms with van der Waals surface area (Å²) in [5, 5.41) is 12.7. The Labute approximate surface area is 129 Å². The first-order chi connectivity index (χ1) is 10.3. The third kappa shape index (κ3) is 3.51. The summed E-state index contributed by atoms with van der Waals surface area (Å²) < 4.78 is 0. The highest BCUT2D eigenvalue weighted by Gasteiger charge is 2.18. The molecule has 1 N–H and O–H groups in total. The number of hydrogen-bond acceptors (Lipinski definition) is 3. The summed E-state index contributed by atoms with van der Waals surface area (Å²) in [6, 6.07) is 9.73. The molecule has 2 heterocycles. The SMILES string of the molecule is OC(C(=C=C1CCCCC1)c1ccccn1)c1cccs1. The molecule has 3 heteroatoms. The smallest absolute Gasteiger partial charge is 0.122 e. The zero-order valence-electron chi connectivity index (χ0n) is 12.0. The van der Waals surface area contributed by atoms with Gasteiger partial charge < -0.3 is 5.11 Å². The molecule has 1 saturated carbocycles. The Morgan fingerprint density at radius 2 is 2.00 bits per heavy atom.